The summed E-state index contributed by atoms with van der Waals surface area (Å²) in [6, 6.07) is 75.1. The van der Waals surface area contributed by atoms with Gasteiger partial charge in [0, 0.05) is 48.0 Å². The van der Waals surface area contributed by atoms with Crippen LogP contribution < -0.4 is 4.90 Å². The third-order valence-electron chi connectivity index (χ3n) is 11.0. The number of para-hydroxylation sites is 2. The minimum absolute atomic E-state index is 1.10. The molecular weight excluding hydrogens is 685 g/mol. The zero-order chi connectivity index (χ0) is 36.3. The first-order chi connectivity index (χ1) is 27.3. The largest absolute Gasteiger partial charge is 0.310 e. The molecule has 2 heterocycles. The molecule has 0 bridgehead atoms. The molecule has 0 aliphatic carbocycles. The maximum absolute atomic E-state index is 2.42. The van der Waals surface area contributed by atoms with Gasteiger partial charge in [-0.05, 0) is 112 Å². The van der Waals surface area contributed by atoms with Crippen molar-refractivity contribution >= 4 is 81.1 Å². The molecule has 11 aromatic rings. The Morgan fingerprint density at radius 3 is 1.73 bits per heavy atom. The van der Waals surface area contributed by atoms with E-state index in [1.165, 1.54) is 75.0 Å². The van der Waals surface area contributed by atoms with Gasteiger partial charge in [0.05, 0.1) is 16.7 Å². The van der Waals surface area contributed by atoms with Gasteiger partial charge in [-0.2, -0.15) is 0 Å². The van der Waals surface area contributed by atoms with Crippen LogP contribution in [0.2, 0.25) is 0 Å². The van der Waals surface area contributed by atoms with E-state index in [1.54, 1.807) is 0 Å². The first kappa shape index (κ1) is 31.6. The average Bonchev–Trinajstić information content (AvgIpc) is 3.79. The monoisotopic (exact) mass is 718 g/mol. The normalized spacial score (nSPS) is 11.6. The molecule has 0 N–H and O–H groups in total. The molecule has 55 heavy (non-hydrogen) atoms. The Morgan fingerprint density at radius 2 is 0.964 bits per heavy atom. The summed E-state index contributed by atoms with van der Waals surface area (Å²) in [6.45, 7) is 0. The van der Waals surface area contributed by atoms with Crippen LogP contribution in [0.25, 0.3) is 80.7 Å². The van der Waals surface area contributed by atoms with Crippen LogP contribution in [0.4, 0.5) is 17.1 Å². The first-order valence-corrected chi connectivity index (χ1v) is 19.6. The molecule has 0 aliphatic heterocycles. The minimum Gasteiger partial charge on any atom is -0.310 e. The number of thiophene rings is 1. The van der Waals surface area contributed by atoms with Gasteiger partial charge in [-0.3, -0.25) is 0 Å². The molecular formula is C52H34N2S. The third kappa shape index (κ3) is 5.32. The quantitative estimate of drug-likeness (QED) is 0.166. The molecule has 11 rings (SSSR count). The van der Waals surface area contributed by atoms with E-state index >= 15 is 0 Å². The molecule has 258 valence electrons. The zero-order valence-electron chi connectivity index (χ0n) is 29.9. The minimum atomic E-state index is 1.10. The van der Waals surface area contributed by atoms with Crippen molar-refractivity contribution in [2.24, 2.45) is 0 Å². The summed E-state index contributed by atoms with van der Waals surface area (Å²) in [5, 5.41) is 7.66. The van der Waals surface area contributed by atoms with E-state index in [9.17, 15) is 0 Å². The van der Waals surface area contributed by atoms with Crippen LogP contribution in [0.3, 0.4) is 0 Å². The van der Waals surface area contributed by atoms with Crippen LogP contribution in [-0.4, -0.2) is 4.57 Å². The lowest BCUT2D eigenvalue weighted by molar-refractivity contribution is 1.18. The van der Waals surface area contributed by atoms with Crippen LogP contribution in [0, 0.1) is 0 Å². The molecule has 0 saturated carbocycles. The molecule has 0 atom stereocenters. The number of hydrogen-bond acceptors (Lipinski definition) is 2. The number of nitrogens with zero attached hydrogens (tertiary/aromatic N) is 2. The lowest BCUT2D eigenvalue weighted by atomic mass is 9.99. The summed E-state index contributed by atoms with van der Waals surface area (Å²) >= 11 is 1.87. The van der Waals surface area contributed by atoms with E-state index in [4.69, 9.17) is 0 Å². The maximum atomic E-state index is 2.42. The van der Waals surface area contributed by atoms with Crippen molar-refractivity contribution in [2.75, 3.05) is 4.90 Å². The SMILES string of the molecule is c1ccc(-c2ccc(N(c3ccc(-c4ccc5cc6c(cc5c4)sc4ccccc46)cc3)c3cccc4c3c3ccccc3n4-c3ccccc3)cc2)cc1. The van der Waals surface area contributed by atoms with E-state index in [0.29, 0.717) is 0 Å². The Kier molecular flexibility index (Phi) is 7.39. The van der Waals surface area contributed by atoms with Crippen LogP contribution in [0.5, 0.6) is 0 Å². The van der Waals surface area contributed by atoms with Gasteiger partial charge in [-0.25, -0.2) is 0 Å². The van der Waals surface area contributed by atoms with Gasteiger partial charge >= 0.3 is 0 Å². The predicted octanol–water partition coefficient (Wildman–Crippen LogP) is 15.1. The Labute approximate surface area is 323 Å². The van der Waals surface area contributed by atoms with Crippen molar-refractivity contribution < 1.29 is 0 Å². The summed E-state index contributed by atoms with van der Waals surface area (Å²) in [5.74, 6) is 0. The number of fused-ring (bicyclic) bond motifs is 7. The molecule has 3 heteroatoms. The number of anilines is 3. The second kappa shape index (κ2) is 12.9. The molecule has 2 aromatic heterocycles. The summed E-state index contributed by atoms with van der Waals surface area (Å²) < 4.78 is 5.06. The Morgan fingerprint density at radius 1 is 0.364 bits per heavy atom. The molecule has 9 aromatic carbocycles. The fraction of sp³-hybridized carbons (Fsp3) is 0. The van der Waals surface area contributed by atoms with Crippen molar-refractivity contribution in [1.29, 1.82) is 0 Å². The van der Waals surface area contributed by atoms with Gasteiger partial charge in [0.1, 0.15) is 0 Å². The van der Waals surface area contributed by atoms with Gasteiger partial charge in [0.2, 0.25) is 0 Å². The predicted molar refractivity (Wildman–Crippen MR) is 237 cm³/mol. The summed E-state index contributed by atoms with van der Waals surface area (Å²) in [7, 11) is 0. The first-order valence-electron chi connectivity index (χ1n) is 18.8. The number of aromatic nitrogens is 1. The maximum Gasteiger partial charge on any atom is 0.0562 e. The van der Waals surface area contributed by atoms with E-state index in [1.807, 2.05) is 11.3 Å². The molecule has 0 unspecified atom stereocenters. The van der Waals surface area contributed by atoms with E-state index in [-0.39, 0.29) is 0 Å². The van der Waals surface area contributed by atoms with Crippen LogP contribution in [-0.2, 0) is 0 Å². The number of benzene rings is 9. The topological polar surface area (TPSA) is 8.17 Å². The van der Waals surface area contributed by atoms with Crippen molar-refractivity contribution in [1.82, 2.24) is 4.57 Å². The fourth-order valence-electron chi connectivity index (χ4n) is 8.35. The van der Waals surface area contributed by atoms with Crippen LogP contribution in [0.15, 0.2) is 206 Å². The van der Waals surface area contributed by atoms with Gasteiger partial charge in [-0.1, -0.05) is 127 Å². The molecule has 0 saturated heterocycles. The van der Waals surface area contributed by atoms with Crippen LogP contribution in [0.1, 0.15) is 0 Å². The van der Waals surface area contributed by atoms with Gasteiger partial charge < -0.3 is 9.47 Å². The molecule has 2 nitrogen and oxygen atoms in total. The highest BCUT2D eigenvalue weighted by Crippen LogP contribution is 2.45. The molecule has 0 fully saturated rings. The summed E-state index contributed by atoms with van der Waals surface area (Å²) in [5.41, 5.74) is 11.7. The standard InChI is InChI=1S/C52H34N2S/c1-3-12-35(13-4-1)36-24-28-42(29-25-36)53(48-19-11-20-49-52(48)45-17-7-9-18-47(45)54(49)41-14-5-2-6-15-41)43-30-26-37(27-31-43)38-22-23-39-33-46-44-16-8-10-21-50(44)55-51(46)34-40(39)32-38/h1-34H. The van der Waals surface area contributed by atoms with Crippen molar-refractivity contribution in [3.8, 4) is 27.9 Å². The highest BCUT2D eigenvalue weighted by molar-refractivity contribution is 7.25. The van der Waals surface area contributed by atoms with Crippen molar-refractivity contribution in [2.45, 2.75) is 0 Å². The van der Waals surface area contributed by atoms with Gasteiger partial charge in [-0.15, -0.1) is 11.3 Å². The number of rotatable bonds is 6. The van der Waals surface area contributed by atoms with E-state index in [0.717, 1.165) is 22.7 Å². The second-order valence-electron chi connectivity index (χ2n) is 14.2. The van der Waals surface area contributed by atoms with Crippen LogP contribution >= 0.6 is 11.3 Å². The number of hydrogen-bond donors (Lipinski definition) is 0. The highest BCUT2D eigenvalue weighted by Gasteiger charge is 2.21. The van der Waals surface area contributed by atoms with Gasteiger partial charge in [0.15, 0.2) is 0 Å². The zero-order valence-corrected chi connectivity index (χ0v) is 30.7. The smallest absolute Gasteiger partial charge is 0.0562 e. The second-order valence-corrected chi connectivity index (χ2v) is 15.2. The molecule has 0 aliphatic rings. The lowest BCUT2D eigenvalue weighted by Gasteiger charge is -2.27. The fourth-order valence-corrected chi connectivity index (χ4v) is 9.49. The van der Waals surface area contributed by atoms with E-state index in [2.05, 4.69) is 216 Å². The van der Waals surface area contributed by atoms with Crippen molar-refractivity contribution in [3.05, 3.63) is 206 Å². The molecule has 0 amide bonds. The Bertz CT molecular complexity index is 3180. The Balaban J connectivity index is 1.06. The highest BCUT2D eigenvalue weighted by atomic mass is 32.1. The Hall–Kier alpha value is -6.94. The lowest BCUT2D eigenvalue weighted by Crippen LogP contribution is -2.10. The van der Waals surface area contributed by atoms with E-state index < -0.39 is 0 Å². The van der Waals surface area contributed by atoms with Crippen molar-refractivity contribution in [3.63, 3.8) is 0 Å². The average molecular weight is 719 g/mol. The third-order valence-corrected chi connectivity index (χ3v) is 12.1. The molecule has 0 radical (unpaired) electrons. The summed E-state index contributed by atoms with van der Waals surface area (Å²) in [4.78, 5) is 2.42. The van der Waals surface area contributed by atoms with Gasteiger partial charge in [0.25, 0.3) is 0 Å². The molecule has 0 spiro atoms. The summed E-state index contributed by atoms with van der Waals surface area (Å²) in [6.07, 6.45) is 0.